The van der Waals surface area contributed by atoms with Gasteiger partial charge in [0.05, 0.1) is 11.2 Å². The number of para-hydroxylation sites is 1. The Bertz CT molecular complexity index is 1850. The maximum Gasteiger partial charge on any atom is 0.516 e. The summed E-state index contributed by atoms with van der Waals surface area (Å²) >= 11 is 0. The monoisotopic (exact) mass is 723 g/mol. The second kappa shape index (κ2) is 13.1. The molecule has 1 spiro atoms. The number of aliphatic carboxylic acids is 1. The minimum Gasteiger partial charge on any atom is -0.475 e. The fourth-order valence-electron chi connectivity index (χ4n) is 5.80. The van der Waals surface area contributed by atoms with Crippen molar-refractivity contribution in [3.63, 3.8) is 0 Å². The third-order valence-electron chi connectivity index (χ3n) is 8.39. The molecule has 3 aromatic rings. The molecule has 3 heterocycles. The van der Waals surface area contributed by atoms with Crippen LogP contribution in [0.3, 0.4) is 0 Å². The van der Waals surface area contributed by atoms with E-state index in [0.717, 1.165) is 34.7 Å². The normalized spacial score (nSPS) is 16.9. The molecule has 2 aliphatic rings. The topological polar surface area (TPSA) is 166 Å². The lowest BCUT2D eigenvalue weighted by molar-refractivity contribution is -0.192. The number of halogens is 7. The van der Waals surface area contributed by atoms with Gasteiger partial charge in [-0.25, -0.2) is 9.18 Å². The highest BCUT2D eigenvalue weighted by Gasteiger charge is 2.57. The molecule has 0 radical (unpaired) electrons. The van der Waals surface area contributed by atoms with Gasteiger partial charge in [-0.3, -0.25) is 13.9 Å². The first-order chi connectivity index (χ1) is 22.5. The average Bonchev–Trinajstić information content (AvgIpc) is 3.54. The highest BCUT2D eigenvalue weighted by molar-refractivity contribution is 7.93. The van der Waals surface area contributed by atoms with Gasteiger partial charge < -0.3 is 26.0 Å². The largest absolute Gasteiger partial charge is 0.516 e. The van der Waals surface area contributed by atoms with E-state index in [2.05, 4.69) is 10.3 Å². The highest BCUT2D eigenvalue weighted by Crippen LogP contribution is 2.50. The van der Waals surface area contributed by atoms with Crippen molar-refractivity contribution in [2.75, 3.05) is 23.9 Å². The quantitative estimate of drug-likeness (QED) is 0.280. The predicted octanol–water partition coefficient (Wildman–Crippen LogP) is 3.93. The van der Waals surface area contributed by atoms with Crippen molar-refractivity contribution in [1.29, 1.82) is 0 Å². The Kier molecular flexibility index (Phi) is 10.0. The number of H-pyrrole nitrogens is 1. The summed E-state index contributed by atoms with van der Waals surface area (Å²) in [7, 11) is -5.73. The maximum absolute atomic E-state index is 14.3. The standard InChI is InChI=1S/C28H31F4N5O4S.C2HF3O2/c1-26(2,33)25(39)35-22(13-17-15-34-21-6-4-3-5-19(17)21)24(38)36-11-9-27(10-12-36)16-37(42(40,41)28(30,31)32)23-8-7-18(29)14-20(23)27;3-2(4,5)1(6)7/h3-8,14-15,22,34H,9-13,16,33H2,1-2H3,(H,35,39);(H,6,7)/t22-;/m1./s1. The number of likely N-dealkylation sites (tertiary alicyclic amines) is 1. The van der Waals surface area contributed by atoms with Crippen molar-refractivity contribution in [3.8, 4) is 0 Å². The van der Waals surface area contributed by atoms with Crippen LogP contribution in [0.15, 0.2) is 48.7 Å². The van der Waals surface area contributed by atoms with Gasteiger partial charge in [0.2, 0.25) is 11.8 Å². The molecule has 1 atom stereocenters. The summed E-state index contributed by atoms with van der Waals surface area (Å²) in [6.07, 6.45) is -2.99. The summed E-state index contributed by atoms with van der Waals surface area (Å²) in [5.74, 6) is -4.41. The van der Waals surface area contributed by atoms with Gasteiger partial charge in [-0.2, -0.15) is 34.8 Å². The van der Waals surface area contributed by atoms with Crippen molar-refractivity contribution in [3.05, 3.63) is 65.6 Å². The number of fused-ring (bicyclic) bond motifs is 3. The Morgan fingerprint density at radius 2 is 1.63 bits per heavy atom. The van der Waals surface area contributed by atoms with E-state index in [4.69, 9.17) is 15.6 Å². The van der Waals surface area contributed by atoms with Crippen LogP contribution >= 0.6 is 0 Å². The Morgan fingerprint density at radius 3 is 2.18 bits per heavy atom. The maximum atomic E-state index is 14.3. The van der Waals surface area contributed by atoms with Crippen LogP contribution in [0.2, 0.25) is 0 Å². The number of carbonyl (C=O) groups is 3. The molecule has 2 amide bonds. The summed E-state index contributed by atoms with van der Waals surface area (Å²) in [6.45, 7) is 2.61. The predicted molar refractivity (Wildman–Crippen MR) is 162 cm³/mol. The first kappa shape index (κ1) is 37.4. The molecule has 5 N–H and O–H groups in total. The molecule has 0 saturated carbocycles. The molecule has 19 heteroatoms. The zero-order valence-electron chi connectivity index (χ0n) is 26.0. The number of nitrogens with two attached hydrogens (primary N) is 1. The van der Waals surface area contributed by atoms with Crippen molar-refractivity contribution in [2.24, 2.45) is 5.73 Å². The number of anilines is 1. The number of rotatable bonds is 6. The van der Waals surface area contributed by atoms with Gasteiger partial charge in [-0.1, -0.05) is 18.2 Å². The summed E-state index contributed by atoms with van der Waals surface area (Å²) in [6, 6.07) is 9.53. The number of carbonyl (C=O) groups excluding carboxylic acids is 2. The van der Waals surface area contributed by atoms with Crippen LogP contribution in [0.25, 0.3) is 10.9 Å². The number of hydrogen-bond acceptors (Lipinski definition) is 6. The number of amides is 2. The third kappa shape index (κ3) is 7.76. The molecule has 268 valence electrons. The van der Waals surface area contributed by atoms with E-state index >= 15 is 0 Å². The van der Waals surface area contributed by atoms with Crippen molar-refractivity contribution < 1.29 is 58.6 Å². The van der Waals surface area contributed by atoms with Gasteiger partial charge >= 0.3 is 27.7 Å². The second-order valence-corrected chi connectivity index (χ2v) is 14.2. The van der Waals surface area contributed by atoms with Gasteiger partial charge in [-0.15, -0.1) is 0 Å². The smallest absolute Gasteiger partial charge is 0.475 e. The van der Waals surface area contributed by atoms with Crippen LogP contribution in [0, 0.1) is 5.82 Å². The van der Waals surface area contributed by atoms with E-state index in [1.807, 2.05) is 24.3 Å². The first-order valence-corrected chi connectivity index (χ1v) is 16.0. The van der Waals surface area contributed by atoms with E-state index in [0.29, 0.717) is 4.31 Å². The zero-order valence-corrected chi connectivity index (χ0v) is 26.8. The molecule has 0 unspecified atom stereocenters. The molecule has 2 aromatic carbocycles. The fourth-order valence-corrected chi connectivity index (χ4v) is 6.89. The van der Waals surface area contributed by atoms with Gasteiger partial charge in [0, 0.05) is 48.6 Å². The lowest BCUT2D eigenvalue weighted by Crippen LogP contribution is -2.58. The number of carboxylic acids is 1. The van der Waals surface area contributed by atoms with Gasteiger partial charge in [0.1, 0.15) is 11.9 Å². The molecule has 0 aliphatic carbocycles. The van der Waals surface area contributed by atoms with E-state index < -0.39 is 68.8 Å². The Balaban J connectivity index is 0.000000698. The van der Waals surface area contributed by atoms with Crippen LogP contribution in [0.4, 0.5) is 36.4 Å². The van der Waals surface area contributed by atoms with Crippen molar-refractivity contribution in [1.82, 2.24) is 15.2 Å². The van der Waals surface area contributed by atoms with Crippen LogP contribution in [-0.4, -0.2) is 84.1 Å². The van der Waals surface area contributed by atoms with Crippen molar-refractivity contribution >= 4 is 44.4 Å². The highest BCUT2D eigenvalue weighted by atomic mass is 32.2. The number of aromatic amines is 1. The summed E-state index contributed by atoms with van der Waals surface area (Å²) in [4.78, 5) is 40.2. The second-order valence-electron chi connectivity index (χ2n) is 12.3. The van der Waals surface area contributed by atoms with Crippen LogP contribution in [-0.2, 0) is 36.2 Å². The molecule has 1 aromatic heterocycles. The first-order valence-electron chi connectivity index (χ1n) is 14.6. The lowest BCUT2D eigenvalue weighted by atomic mass is 9.74. The number of hydrogen-bond donors (Lipinski definition) is 4. The van der Waals surface area contributed by atoms with Crippen LogP contribution < -0.4 is 15.4 Å². The number of aromatic nitrogens is 1. The van der Waals surface area contributed by atoms with Gasteiger partial charge in [0.25, 0.3) is 0 Å². The summed E-state index contributed by atoms with van der Waals surface area (Å²) < 4.78 is 112. The Labute approximate surface area is 275 Å². The third-order valence-corrected chi connectivity index (χ3v) is 9.88. The average molecular weight is 724 g/mol. The van der Waals surface area contributed by atoms with E-state index in [9.17, 15) is 48.7 Å². The van der Waals surface area contributed by atoms with Crippen molar-refractivity contribution in [2.45, 2.75) is 61.8 Å². The minimum absolute atomic E-state index is 0.0565. The Hall–Kier alpha value is -4.39. The SMILES string of the molecule is CC(C)(N)C(=O)N[C@H](Cc1c[nH]c2ccccc12)C(=O)N1CCC2(CC1)CN(S(=O)(=O)C(F)(F)F)c1ccc(F)cc12.O=C(O)C(F)(F)F. The Morgan fingerprint density at radius 1 is 1.04 bits per heavy atom. The van der Waals surface area contributed by atoms with E-state index in [-0.39, 0.29) is 43.6 Å². The number of nitrogens with zero attached hydrogens (tertiary/aromatic N) is 2. The number of nitrogens with one attached hydrogen (secondary N) is 2. The molecule has 1 fully saturated rings. The number of benzene rings is 2. The minimum atomic E-state index is -5.73. The molecule has 5 rings (SSSR count). The summed E-state index contributed by atoms with van der Waals surface area (Å²) in [5, 5.41) is 10.8. The molecule has 0 bridgehead atoms. The fraction of sp³-hybridized carbons (Fsp3) is 0.433. The molecular weight excluding hydrogens is 691 g/mol. The van der Waals surface area contributed by atoms with Gasteiger partial charge in [-0.05, 0) is 62.1 Å². The summed E-state index contributed by atoms with van der Waals surface area (Å²) in [5.41, 5.74) is -0.359. The number of sulfonamides is 1. The van der Waals surface area contributed by atoms with Gasteiger partial charge in [0.15, 0.2) is 0 Å². The zero-order chi connectivity index (χ0) is 36.7. The molecular formula is C30H32F7N5O6S. The number of piperidine rings is 1. The molecule has 11 nitrogen and oxygen atoms in total. The molecule has 49 heavy (non-hydrogen) atoms. The van der Waals surface area contributed by atoms with Crippen LogP contribution in [0.1, 0.15) is 37.8 Å². The number of alkyl halides is 6. The van der Waals surface area contributed by atoms with E-state index in [1.165, 1.54) is 18.7 Å². The number of carboxylic acid groups (broad SMARTS) is 1. The lowest BCUT2D eigenvalue weighted by Gasteiger charge is -2.41. The van der Waals surface area contributed by atoms with E-state index in [1.54, 1.807) is 6.20 Å². The molecule has 1 saturated heterocycles. The van der Waals surface area contributed by atoms with Crippen LogP contribution in [0.5, 0.6) is 0 Å². The molecule has 2 aliphatic heterocycles.